The molecule has 0 bridgehead atoms. The van der Waals surface area contributed by atoms with Crippen molar-refractivity contribution in [1.29, 1.82) is 0 Å². The Morgan fingerprint density at radius 2 is 2.25 bits per heavy atom. The second-order valence-corrected chi connectivity index (χ2v) is 4.26. The van der Waals surface area contributed by atoms with Gasteiger partial charge in [-0.1, -0.05) is 24.6 Å². The fourth-order valence-electron chi connectivity index (χ4n) is 1.45. The molecule has 0 fully saturated rings. The van der Waals surface area contributed by atoms with Gasteiger partial charge in [0.1, 0.15) is 11.6 Å². The van der Waals surface area contributed by atoms with Crippen molar-refractivity contribution >= 4 is 17.4 Å². The summed E-state index contributed by atoms with van der Waals surface area (Å²) in [4.78, 5) is 11.7. The van der Waals surface area contributed by atoms with Crippen LogP contribution in [0.1, 0.15) is 12.5 Å². The zero-order chi connectivity index (χ0) is 12.1. The van der Waals surface area contributed by atoms with Crippen molar-refractivity contribution in [2.24, 2.45) is 5.92 Å². The number of hydrogen-bond donors (Lipinski definition) is 1. The number of carbonyl (C=O) groups is 1. The Bertz CT molecular complexity index is 381. The van der Waals surface area contributed by atoms with E-state index < -0.39 is 5.82 Å². The lowest BCUT2D eigenvalue weighted by atomic mass is 9.99. The lowest BCUT2D eigenvalue weighted by Gasteiger charge is -2.09. The van der Waals surface area contributed by atoms with Crippen LogP contribution in [0.4, 0.5) is 4.39 Å². The van der Waals surface area contributed by atoms with Gasteiger partial charge < -0.3 is 5.32 Å². The maximum Gasteiger partial charge on any atom is 0.141 e. The summed E-state index contributed by atoms with van der Waals surface area (Å²) in [5.74, 6) is -0.382. The number of hydrogen-bond acceptors (Lipinski definition) is 2. The van der Waals surface area contributed by atoms with Crippen molar-refractivity contribution in [3.05, 3.63) is 34.6 Å². The van der Waals surface area contributed by atoms with Crippen LogP contribution in [0.5, 0.6) is 0 Å². The fraction of sp³-hybridized carbons (Fsp3) is 0.417. The average molecular weight is 244 g/mol. The van der Waals surface area contributed by atoms with Crippen molar-refractivity contribution in [3.63, 3.8) is 0 Å². The van der Waals surface area contributed by atoms with Crippen molar-refractivity contribution in [3.8, 4) is 0 Å². The quantitative estimate of drug-likeness (QED) is 0.861. The molecule has 0 heterocycles. The number of carbonyl (C=O) groups excluding carboxylic acids is 1. The van der Waals surface area contributed by atoms with E-state index in [1.54, 1.807) is 13.1 Å². The average Bonchev–Trinajstić information content (AvgIpc) is 2.24. The van der Waals surface area contributed by atoms with Gasteiger partial charge in [-0.05, 0) is 24.7 Å². The third-order valence-corrected chi connectivity index (χ3v) is 2.71. The molecule has 0 spiro atoms. The van der Waals surface area contributed by atoms with Gasteiger partial charge in [0.15, 0.2) is 0 Å². The predicted octanol–water partition coefficient (Wildman–Crippen LogP) is 2.45. The number of Topliss-reactive ketones (excluding diaryl/α,β-unsaturated/α-hetero) is 1. The lowest BCUT2D eigenvalue weighted by Crippen LogP contribution is -2.24. The zero-order valence-corrected chi connectivity index (χ0v) is 10.1. The highest BCUT2D eigenvalue weighted by molar-refractivity contribution is 6.30. The number of rotatable bonds is 5. The number of nitrogens with one attached hydrogen (secondary N) is 1. The molecule has 0 saturated heterocycles. The Balaban J connectivity index is 2.66. The van der Waals surface area contributed by atoms with Crippen molar-refractivity contribution in [2.75, 3.05) is 13.6 Å². The van der Waals surface area contributed by atoms with Crippen LogP contribution in [0.3, 0.4) is 0 Å². The molecule has 0 aliphatic heterocycles. The normalized spacial score (nSPS) is 12.5. The van der Waals surface area contributed by atoms with Crippen molar-refractivity contribution in [1.82, 2.24) is 5.32 Å². The molecule has 0 amide bonds. The largest absolute Gasteiger partial charge is 0.319 e. The molecule has 0 radical (unpaired) electrons. The molecule has 4 heteroatoms. The lowest BCUT2D eigenvalue weighted by molar-refractivity contribution is -0.121. The minimum atomic E-state index is -0.457. The van der Waals surface area contributed by atoms with Crippen LogP contribution in [0, 0.1) is 11.7 Å². The van der Waals surface area contributed by atoms with E-state index in [2.05, 4.69) is 5.32 Å². The molecule has 1 rings (SSSR count). The Kier molecular flexibility index (Phi) is 4.90. The Hall–Kier alpha value is -0.930. The SMILES string of the molecule is CNCC(C)C(=O)Cc1ccc(F)c(Cl)c1. The van der Waals surface area contributed by atoms with Gasteiger partial charge in [-0.3, -0.25) is 4.79 Å². The number of halogens is 2. The fourth-order valence-corrected chi connectivity index (χ4v) is 1.65. The third kappa shape index (κ3) is 3.58. The van der Waals surface area contributed by atoms with Gasteiger partial charge >= 0.3 is 0 Å². The van der Waals surface area contributed by atoms with Crippen LogP contribution in [-0.2, 0) is 11.2 Å². The van der Waals surface area contributed by atoms with Crippen LogP contribution in [0.15, 0.2) is 18.2 Å². The highest BCUT2D eigenvalue weighted by atomic mass is 35.5. The topological polar surface area (TPSA) is 29.1 Å². The summed E-state index contributed by atoms with van der Waals surface area (Å²) in [7, 11) is 1.80. The summed E-state index contributed by atoms with van der Waals surface area (Å²) < 4.78 is 12.9. The minimum Gasteiger partial charge on any atom is -0.319 e. The van der Waals surface area contributed by atoms with Gasteiger partial charge in [0.05, 0.1) is 5.02 Å². The van der Waals surface area contributed by atoms with Gasteiger partial charge in [0.2, 0.25) is 0 Å². The summed E-state index contributed by atoms with van der Waals surface area (Å²) in [6.45, 7) is 2.51. The molecular weight excluding hydrogens is 229 g/mol. The first-order valence-corrected chi connectivity index (χ1v) is 5.53. The maximum absolute atomic E-state index is 12.9. The number of benzene rings is 1. The molecule has 2 nitrogen and oxygen atoms in total. The van der Waals surface area contributed by atoms with Gasteiger partial charge in [0, 0.05) is 18.9 Å². The third-order valence-electron chi connectivity index (χ3n) is 2.42. The monoisotopic (exact) mass is 243 g/mol. The molecule has 0 aliphatic carbocycles. The van der Waals surface area contributed by atoms with E-state index >= 15 is 0 Å². The molecule has 1 atom stereocenters. The standard InChI is InChI=1S/C12H15ClFNO/c1-8(7-15-2)12(16)6-9-3-4-11(14)10(13)5-9/h3-5,8,15H,6-7H2,1-2H3. The summed E-state index contributed by atoms with van der Waals surface area (Å²) in [6.07, 6.45) is 0.294. The summed E-state index contributed by atoms with van der Waals surface area (Å²) >= 11 is 5.64. The van der Waals surface area contributed by atoms with Crippen LogP contribution >= 0.6 is 11.6 Å². The van der Waals surface area contributed by atoms with Gasteiger partial charge in [-0.2, -0.15) is 0 Å². The first-order chi connectivity index (χ1) is 7.54. The van der Waals surface area contributed by atoms with E-state index in [-0.39, 0.29) is 16.7 Å². The minimum absolute atomic E-state index is 0.0474. The van der Waals surface area contributed by atoms with Crippen LogP contribution in [0.25, 0.3) is 0 Å². The van der Waals surface area contributed by atoms with Gasteiger partial charge in [-0.25, -0.2) is 4.39 Å². The Labute approximate surface area is 99.8 Å². The molecule has 0 aliphatic rings. The van der Waals surface area contributed by atoms with Crippen LogP contribution in [0.2, 0.25) is 5.02 Å². The van der Waals surface area contributed by atoms with E-state index in [0.29, 0.717) is 13.0 Å². The molecule has 1 unspecified atom stereocenters. The van der Waals surface area contributed by atoms with Crippen LogP contribution < -0.4 is 5.32 Å². The molecule has 16 heavy (non-hydrogen) atoms. The molecule has 1 N–H and O–H groups in total. The van der Waals surface area contributed by atoms with E-state index in [1.165, 1.54) is 12.1 Å². The summed E-state index contributed by atoms with van der Waals surface area (Å²) in [6, 6.07) is 4.37. The predicted molar refractivity (Wildman–Crippen MR) is 63.2 cm³/mol. The smallest absolute Gasteiger partial charge is 0.141 e. The summed E-state index contributed by atoms with van der Waals surface area (Å²) in [5, 5.41) is 3.01. The Morgan fingerprint density at radius 1 is 1.56 bits per heavy atom. The molecule has 0 saturated carbocycles. The second kappa shape index (κ2) is 5.97. The summed E-state index contributed by atoms with van der Waals surface area (Å²) in [5.41, 5.74) is 0.749. The van der Waals surface area contributed by atoms with E-state index in [1.807, 2.05) is 6.92 Å². The molecule has 0 aromatic heterocycles. The zero-order valence-electron chi connectivity index (χ0n) is 9.39. The highest BCUT2D eigenvalue weighted by Gasteiger charge is 2.13. The van der Waals surface area contributed by atoms with Gasteiger partial charge in [0.25, 0.3) is 0 Å². The van der Waals surface area contributed by atoms with Crippen molar-refractivity contribution < 1.29 is 9.18 Å². The van der Waals surface area contributed by atoms with Gasteiger partial charge in [-0.15, -0.1) is 0 Å². The van der Waals surface area contributed by atoms with E-state index in [0.717, 1.165) is 5.56 Å². The number of ketones is 1. The first kappa shape index (κ1) is 13.1. The molecule has 1 aromatic carbocycles. The van der Waals surface area contributed by atoms with E-state index in [9.17, 15) is 9.18 Å². The molecular formula is C12H15ClFNO. The van der Waals surface area contributed by atoms with E-state index in [4.69, 9.17) is 11.6 Å². The highest BCUT2D eigenvalue weighted by Crippen LogP contribution is 2.17. The first-order valence-electron chi connectivity index (χ1n) is 5.16. The Morgan fingerprint density at radius 3 is 2.81 bits per heavy atom. The molecule has 88 valence electrons. The second-order valence-electron chi connectivity index (χ2n) is 3.85. The maximum atomic E-state index is 12.9. The molecule has 1 aromatic rings. The van der Waals surface area contributed by atoms with Crippen molar-refractivity contribution in [2.45, 2.75) is 13.3 Å². The van der Waals surface area contributed by atoms with Crippen LogP contribution in [-0.4, -0.2) is 19.4 Å².